The number of hydrogen-bond donors (Lipinski definition) is 2. The Morgan fingerprint density at radius 3 is 2.35 bits per heavy atom. The molecule has 160 valence electrons. The molecular weight excluding hydrogens is 461 g/mol. The summed E-state index contributed by atoms with van der Waals surface area (Å²) in [5, 5.41) is 5.72. The number of pyridine rings is 1. The first-order valence-electron chi connectivity index (χ1n) is 8.90. The van der Waals surface area contributed by atoms with Gasteiger partial charge in [-0.15, -0.1) is 0 Å². The van der Waals surface area contributed by atoms with Crippen LogP contribution in [-0.2, 0) is 9.84 Å². The first-order valence-corrected chi connectivity index (χ1v) is 11.5. The van der Waals surface area contributed by atoms with Gasteiger partial charge in [0.15, 0.2) is 9.84 Å². The van der Waals surface area contributed by atoms with E-state index in [9.17, 15) is 18.0 Å². The summed E-state index contributed by atoms with van der Waals surface area (Å²) in [6.07, 6.45) is 1.08. The molecule has 0 bridgehead atoms. The molecule has 2 aromatic carbocycles. The van der Waals surface area contributed by atoms with Crippen molar-refractivity contribution in [2.24, 2.45) is 0 Å². The molecule has 0 aliphatic carbocycles. The quantitative estimate of drug-likeness (QED) is 0.522. The third-order valence-corrected chi connectivity index (χ3v) is 5.91. The van der Waals surface area contributed by atoms with Crippen molar-refractivity contribution >= 4 is 56.2 Å². The molecule has 1 aromatic heterocycles. The number of hydrogen-bond acceptors (Lipinski definition) is 5. The van der Waals surface area contributed by atoms with Gasteiger partial charge < -0.3 is 10.6 Å². The van der Waals surface area contributed by atoms with Gasteiger partial charge in [0, 0.05) is 23.2 Å². The predicted molar refractivity (Wildman–Crippen MR) is 121 cm³/mol. The van der Waals surface area contributed by atoms with E-state index >= 15 is 0 Å². The summed E-state index contributed by atoms with van der Waals surface area (Å²) in [7, 11) is -3.43. The standard InChI is InChI=1S/C21H17Cl2N3O4S/c1-12-10-14(24-21(28)19-16(22)7-9-18(23)26-19)6-8-17(12)25-20(27)13-4-3-5-15(11-13)31(2,29)30/h3-11H,1-2H3,(H,24,28)(H,25,27). The van der Waals surface area contributed by atoms with Crippen molar-refractivity contribution in [1.82, 2.24) is 4.98 Å². The van der Waals surface area contributed by atoms with Crippen LogP contribution < -0.4 is 10.6 Å². The zero-order valence-corrected chi connectivity index (χ0v) is 18.8. The van der Waals surface area contributed by atoms with E-state index in [-0.39, 0.29) is 26.3 Å². The minimum Gasteiger partial charge on any atom is -0.322 e. The van der Waals surface area contributed by atoms with Crippen molar-refractivity contribution in [3.63, 3.8) is 0 Å². The van der Waals surface area contributed by atoms with E-state index in [1.165, 1.54) is 36.4 Å². The van der Waals surface area contributed by atoms with Gasteiger partial charge in [-0.05, 0) is 61.0 Å². The molecule has 0 spiro atoms. The molecule has 2 N–H and O–H groups in total. The van der Waals surface area contributed by atoms with Crippen LogP contribution in [0, 0.1) is 6.92 Å². The molecule has 0 atom stereocenters. The van der Waals surface area contributed by atoms with E-state index in [1.807, 2.05) is 0 Å². The normalized spacial score (nSPS) is 11.1. The molecule has 0 fully saturated rings. The Labute approximate surface area is 189 Å². The van der Waals surface area contributed by atoms with Gasteiger partial charge in [0.25, 0.3) is 11.8 Å². The van der Waals surface area contributed by atoms with Crippen molar-refractivity contribution in [3.8, 4) is 0 Å². The van der Waals surface area contributed by atoms with Gasteiger partial charge in [-0.25, -0.2) is 13.4 Å². The largest absolute Gasteiger partial charge is 0.322 e. The molecule has 3 aromatic rings. The Morgan fingerprint density at radius 2 is 1.68 bits per heavy atom. The zero-order chi connectivity index (χ0) is 22.8. The van der Waals surface area contributed by atoms with Crippen LogP contribution in [0.2, 0.25) is 10.2 Å². The molecular formula is C21H17Cl2N3O4S. The molecule has 2 amide bonds. The van der Waals surface area contributed by atoms with Crippen LogP contribution in [0.3, 0.4) is 0 Å². The van der Waals surface area contributed by atoms with Crippen molar-refractivity contribution in [3.05, 3.63) is 81.6 Å². The van der Waals surface area contributed by atoms with Gasteiger partial charge in [-0.3, -0.25) is 9.59 Å². The van der Waals surface area contributed by atoms with Crippen molar-refractivity contribution in [1.29, 1.82) is 0 Å². The fourth-order valence-corrected chi connectivity index (χ4v) is 3.72. The molecule has 10 heteroatoms. The molecule has 0 aliphatic rings. The maximum Gasteiger partial charge on any atom is 0.275 e. The number of carbonyl (C=O) groups is 2. The summed E-state index contributed by atoms with van der Waals surface area (Å²) in [6.45, 7) is 1.75. The smallest absolute Gasteiger partial charge is 0.275 e. The summed E-state index contributed by atoms with van der Waals surface area (Å²) in [6, 6.07) is 13.6. The van der Waals surface area contributed by atoms with E-state index in [0.29, 0.717) is 16.9 Å². The number of anilines is 2. The summed E-state index contributed by atoms with van der Waals surface area (Å²) in [4.78, 5) is 29.0. The first kappa shape index (κ1) is 22.7. The van der Waals surface area contributed by atoms with E-state index in [0.717, 1.165) is 6.26 Å². The Morgan fingerprint density at radius 1 is 0.935 bits per heavy atom. The van der Waals surface area contributed by atoms with Crippen molar-refractivity contribution in [2.75, 3.05) is 16.9 Å². The molecule has 1 heterocycles. The molecule has 0 aliphatic heterocycles. The number of nitrogens with one attached hydrogen (secondary N) is 2. The van der Waals surface area contributed by atoms with Gasteiger partial charge >= 0.3 is 0 Å². The minimum absolute atomic E-state index is 0.00467. The maximum atomic E-state index is 12.6. The van der Waals surface area contributed by atoms with Crippen LogP contribution in [0.5, 0.6) is 0 Å². The number of carbonyl (C=O) groups excluding carboxylic acids is 2. The number of benzene rings is 2. The lowest BCUT2D eigenvalue weighted by Gasteiger charge is -2.12. The number of rotatable bonds is 5. The van der Waals surface area contributed by atoms with Crippen LogP contribution in [0.15, 0.2) is 59.5 Å². The average Bonchev–Trinajstić information content (AvgIpc) is 2.71. The zero-order valence-electron chi connectivity index (χ0n) is 16.4. The number of sulfone groups is 1. The monoisotopic (exact) mass is 477 g/mol. The molecule has 0 saturated heterocycles. The topological polar surface area (TPSA) is 105 Å². The van der Waals surface area contributed by atoms with Gasteiger partial charge in [-0.2, -0.15) is 0 Å². The number of halogens is 2. The van der Waals surface area contributed by atoms with Gasteiger partial charge in [0.05, 0.1) is 9.92 Å². The fourth-order valence-electron chi connectivity index (χ4n) is 2.71. The summed E-state index contributed by atoms with van der Waals surface area (Å²) in [5.41, 5.74) is 1.86. The third-order valence-electron chi connectivity index (χ3n) is 4.28. The predicted octanol–water partition coefficient (Wildman–Crippen LogP) is 4.60. The Bertz CT molecular complexity index is 1290. The molecule has 0 unspecified atom stereocenters. The first-order chi connectivity index (χ1) is 14.5. The van der Waals surface area contributed by atoms with E-state index in [2.05, 4.69) is 15.6 Å². The van der Waals surface area contributed by atoms with E-state index in [4.69, 9.17) is 23.2 Å². The fraction of sp³-hybridized carbons (Fsp3) is 0.0952. The SMILES string of the molecule is Cc1cc(NC(=O)c2nc(Cl)ccc2Cl)ccc1NC(=O)c1cccc(S(C)(=O)=O)c1. The molecule has 31 heavy (non-hydrogen) atoms. The number of amides is 2. The highest BCUT2D eigenvalue weighted by atomic mass is 35.5. The van der Waals surface area contributed by atoms with Crippen molar-refractivity contribution in [2.45, 2.75) is 11.8 Å². The van der Waals surface area contributed by atoms with Crippen LogP contribution in [0.25, 0.3) is 0 Å². The van der Waals surface area contributed by atoms with Crippen LogP contribution in [0.4, 0.5) is 11.4 Å². The lowest BCUT2D eigenvalue weighted by Crippen LogP contribution is -2.16. The van der Waals surface area contributed by atoms with E-state index in [1.54, 1.807) is 25.1 Å². The van der Waals surface area contributed by atoms with E-state index < -0.39 is 21.7 Å². The molecule has 3 rings (SSSR count). The highest BCUT2D eigenvalue weighted by Crippen LogP contribution is 2.23. The van der Waals surface area contributed by atoms with Gasteiger partial charge in [-0.1, -0.05) is 29.3 Å². The number of aryl methyl sites for hydroxylation is 1. The summed E-state index contributed by atoms with van der Waals surface area (Å²) in [5.74, 6) is -0.985. The lowest BCUT2D eigenvalue weighted by atomic mass is 10.1. The second kappa shape index (κ2) is 9.05. The van der Waals surface area contributed by atoms with Crippen molar-refractivity contribution < 1.29 is 18.0 Å². The third kappa shape index (κ3) is 5.61. The summed E-state index contributed by atoms with van der Waals surface area (Å²) < 4.78 is 23.4. The second-order valence-corrected chi connectivity index (χ2v) is 9.51. The maximum absolute atomic E-state index is 12.6. The number of nitrogens with zero attached hydrogens (tertiary/aromatic N) is 1. The highest BCUT2D eigenvalue weighted by Gasteiger charge is 2.15. The second-order valence-electron chi connectivity index (χ2n) is 6.70. The Hall–Kier alpha value is -2.94. The van der Waals surface area contributed by atoms with Crippen LogP contribution >= 0.6 is 23.2 Å². The van der Waals surface area contributed by atoms with Gasteiger partial charge in [0.1, 0.15) is 10.8 Å². The van der Waals surface area contributed by atoms with Crippen LogP contribution in [-0.4, -0.2) is 31.5 Å². The van der Waals surface area contributed by atoms with Gasteiger partial charge in [0.2, 0.25) is 0 Å². The number of aromatic nitrogens is 1. The minimum atomic E-state index is -3.43. The average molecular weight is 478 g/mol. The molecule has 7 nitrogen and oxygen atoms in total. The van der Waals surface area contributed by atoms with Crippen LogP contribution in [0.1, 0.15) is 26.4 Å². The Kier molecular flexibility index (Phi) is 6.64. The molecule has 0 radical (unpaired) electrons. The molecule has 0 saturated carbocycles. The lowest BCUT2D eigenvalue weighted by molar-refractivity contribution is 0.101. The Balaban J connectivity index is 1.76. The summed E-state index contributed by atoms with van der Waals surface area (Å²) >= 11 is 11.8. The highest BCUT2D eigenvalue weighted by molar-refractivity contribution is 7.90.